The highest BCUT2D eigenvalue weighted by Crippen LogP contribution is 2.44. The van der Waals surface area contributed by atoms with E-state index in [9.17, 15) is 27.9 Å². The average Bonchev–Trinajstić information content (AvgIpc) is 3.54. The van der Waals surface area contributed by atoms with Crippen LogP contribution < -0.4 is 0 Å². The zero-order valence-corrected chi connectivity index (χ0v) is 18.8. The van der Waals surface area contributed by atoms with Crippen LogP contribution in [0, 0.1) is 5.41 Å². The summed E-state index contributed by atoms with van der Waals surface area (Å²) in [5.74, 6) is -0.829. The third kappa shape index (κ3) is 3.86. The molecule has 33 heavy (non-hydrogen) atoms. The van der Waals surface area contributed by atoms with Gasteiger partial charge in [-0.15, -0.1) is 0 Å². The molecule has 0 atom stereocenters. The van der Waals surface area contributed by atoms with Crippen LogP contribution in [-0.2, 0) is 11.0 Å². The Morgan fingerprint density at radius 2 is 1.97 bits per heavy atom. The van der Waals surface area contributed by atoms with Gasteiger partial charge in [0.2, 0.25) is 5.91 Å². The number of pyridine rings is 1. The minimum absolute atomic E-state index is 0.0286. The molecule has 5 rings (SSSR count). The van der Waals surface area contributed by atoms with E-state index in [0.717, 1.165) is 18.9 Å². The number of halogens is 4. The molecule has 0 spiro atoms. The molecule has 1 aliphatic heterocycles. The first-order valence-corrected chi connectivity index (χ1v) is 11.4. The molecule has 0 aromatic carbocycles. The zero-order valence-electron chi connectivity index (χ0n) is 18.0. The number of alkyl halides is 3. The molecule has 3 fully saturated rings. The number of nitrogens with zero attached hydrogens (tertiary/aromatic N) is 4. The lowest BCUT2D eigenvalue weighted by atomic mass is 9.66. The number of aromatic nitrogens is 2. The molecule has 0 bridgehead atoms. The molecule has 0 unspecified atom stereocenters. The summed E-state index contributed by atoms with van der Waals surface area (Å²) in [5, 5.41) is 13.2. The second-order valence-corrected chi connectivity index (χ2v) is 10.1. The molecule has 3 aliphatic rings. The summed E-state index contributed by atoms with van der Waals surface area (Å²) < 4.78 is 41.8. The molecule has 3 heterocycles. The smallest absolute Gasteiger partial charge is 0.396 e. The number of aliphatic hydroxyl groups is 1. The Hall–Kier alpha value is -2.33. The number of fused-ring (bicyclic) bond motifs is 1. The van der Waals surface area contributed by atoms with Gasteiger partial charge in [0.25, 0.3) is 5.91 Å². The van der Waals surface area contributed by atoms with Crippen LogP contribution in [0.25, 0.3) is 5.52 Å². The van der Waals surface area contributed by atoms with E-state index in [0.29, 0.717) is 29.5 Å². The summed E-state index contributed by atoms with van der Waals surface area (Å²) in [6.45, 7) is 2.39. The Labute approximate surface area is 193 Å². The Bertz CT molecular complexity index is 1140. The van der Waals surface area contributed by atoms with Crippen molar-refractivity contribution in [1.29, 1.82) is 0 Å². The molecule has 11 heteroatoms. The van der Waals surface area contributed by atoms with Gasteiger partial charge in [0.15, 0.2) is 5.69 Å². The summed E-state index contributed by atoms with van der Waals surface area (Å²) in [5.41, 5.74) is -0.861. The molecule has 0 radical (unpaired) electrons. The Morgan fingerprint density at radius 1 is 1.27 bits per heavy atom. The SMILES string of the molecule is CC1(CO)CC(N2CCN(C(=O)c3nn4c(C(F)(F)F)cc(C5CC5)cc4c3Cl)CC2=O)C1. The van der Waals surface area contributed by atoms with Crippen molar-refractivity contribution in [1.82, 2.24) is 19.4 Å². The van der Waals surface area contributed by atoms with Crippen LogP contribution in [0.2, 0.25) is 5.02 Å². The summed E-state index contributed by atoms with van der Waals surface area (Å²) >= 11 is 6.37. The summed E-state index contributed by atoms with van der Waals surface area (Å²) in [4.78, 5) is 28.8. The lowest BCUT2D eigenvalue weighted by Crippen LogP contribution is -2.60. The van der Waals surface area contributed by atoms with Crippen molar-refractivity contribution in [2.24, 2.45) is 5.41 Å². The molecule has 178 valence electrons. The van der Waals surface area contributed by atoms with E-state index in [1.54, 1.807) is 11.0 Å². The number of carbonyl (C=O) groups excluding carboxylic acids is 2. The van der Waals surface area contributed by atoms with Crippen LogP contribution in [0.5, 0.6) is 0 Å². The van der Waals surface area contributed by atoms with Crippen molar-refractivity contribution in [3.63, 3.8) is 0 Å². The van der Waals surface area contributed by atoms with Crippen molar-refractivity contribution >= 4 is 28.9 Å². The van der Waals surface area contributed by atoms with E-state index in [-0.39, 0.29) is 59.2 Å². The van der Waals surface area contributed by atoms with Crippen molar-refractivity contribution in [3.8, 4) is 0 Å². The number of carbonyl (C=O) groups is 2. The average molecular weight is 485 g/mol. The fraction of sp³-hybridized carbons (Fsp3) is 0.591. The third-order valence-electron chi connectivity index (χ3n) is 7.06. The topological polar surface area (TPSA) is 78.2 Å². The van der Waals surface area contributed by atoms with Gasteiger partial charge in [-0.25, -0.2) is 4.52 Å². The second kappa shape index (κ2) is 7.59. The van der Waals surface area contributed by atoms with Gasteiger partial charge in [0, 0.05) is 25.7 Å². The Morgan fingerprint density at radius 3 is 2.55 bits per heavy atom. The quantitative estimate of drug-likeness (QED) is 0.722. The molecule has 1 saturated heterocycles. The highest BCUT2D eigenvalue weighted by atomic mass is 35.5. The van der Waals surface area contributed by atoms with Crippen LogP contribution in [0.15, 0.2) is 12.1 Å². The van der Waals surface area contributed by atoms with Crippen molar-refractivity contribution in [3.05, 3.63) is 34.1 Å². The molecular weight excluding hydrogens is 461 g/mol. The predicted molar refractivity (Wildman–Crippen MR) is 113 cm³/mol. The maximum absolute atomic E-state index is 13.7. The van der Waals surface area contributed by atoms with Gasteiger partial charge in [-0.1, -0.05) is 18.5 Å². The summed E-state index contributed by atoms with van der Waals surface area (Å²) in [6, 6.07) is 2.67. The van der Waals surface area contributed by atoms with Crippen LogP contribution in [0.1, 0.15) is 60.3 Å². The molecule has 2 saturated carbocycles. The fourth-order valence-electron chi connectivity index (χ4n) is 4.95. The van der Waals surface area contributed by atoms with Gasteiger partial charge < -0.3 is 14.9 Å². The molecular formula is C22H24ClF3N4O3. The van der Waals surface area contributed by atoms with Gasteiger partial charge >= 0.3 is 6.18 Å². The summed E-state index contributed by atoms with van der Waals surface area (Å²) in [6.07, 6.45) is -1.63. The van der Waals surface area contributed by atoms with Crippen LogP contribution in [0.3, 0.4) is 0 Å². The number of hydrogen-bond acceptors (Lipinski definition) is 4. The Kier molecular flexibility index (Phi) is 5.17. The van der Waals surface area contributed by atoms with Gasteiger partial charge in [0.05, 0.1) is 10.5 Å². The molecule has 7 nitrogen and oxygen atoms in total. The largest absolute Gasteiger partial charge is 0.433 e. The van der Waals surface area contributed by atoms with E-state index in [1.807, 2.05) is 6.92 Å². The zero-order chi connectivity index (χ0) is 23.7. The third-order valence-corrected chi connectivity index (χ3v) is 7.43. The maximum Gasteiger partial charge on any atom is 0.433 e. The minimum Gasteiger partial charge on any atom is -0.396 e. The number of aliphatic hydroxyl groups excluding tert-OH is 1. The lowest BCUT2D eigenvalue weighted by molar-refractivity contribution is -0.144. The number of piperazine rings is 1. The van der Waals surface area contributed by atoms with E-state index < -0.39 is 17.8 Å². The predicted octanol–water partition coefficient (Wildman–Crippen LogP) is 3.33. The second-order valence-electron chi connectivity index (χ2n) is 9.75. The van der Waals surface area contributed by atoms with Crippen molar-refractivity contribution in [2.75, 3.05) is 26.2 Å². The van der Waals surface area contributed by atoms with Gasteiger partial charge in [0.1, 0.15) is 12.2 Å². The molecule has 2 amide bonds. The van der Waals surface area contributed by atoms with Gasteiger partial charge in [-0.05, 0) is 54.7 Å². The van der Waals surface area contributed by atoms with Crippen LogP contribution in [0.4, 0.5) is 13.2 Å². The highest BCUT2D eigenvalue weighted by molar-refractivity contribution is 6.36. The number of amides is 2. The van der Waals surface area contributed by atoms with E-state index >= 15 is 0 Å². The van der Waals surface area contributed by atoms with Gasteiger partial charge in [-0.3, -0.25) is 9.59 Å². The first-order valence-electron chi connectivity index (χ1n) is 11.0. The van der Waals surface area contributed by atoms with E-state index in [1.165, 1.54) is 4.90 Å². The molecule has 1 N–H and O–H groups in total. The fourth-order valence-corrected chi connectivity index (χ4v) is 5.21. The maximum atomic E-state index is 13.7. The van der Waals surface area contributed by atoms with Crippen LogP contribution in [-0.4, -0.2) is 68.6 Å². The first kappa shape index (κ1) is 22.5. The molecule has 2 aromatic rings. The molecule has 2 aliphatic carbocycles. The van der Waals surface area contributed by atoms with Gasteiger partial charge in [-0.2, -0.15) is 18.3 Å². The standard InChI is InChI=1S/C22H24ClF3N4O3/c1-21(11-31)8-14(9-21)29-5-4-28(10-17(29)32)20(33)19-18(23)15-6-13(12-2-3-12)7-16(22(24,25)26)30(15)27-19/h6-7,12,14,31H,2-5,8-11H2,1H3. The summed E-state index contributed by atoms with van der Waals surface area (Å²) in [7, 11) is 0. The Balaban J connectivity index is 1.39. The number of rotatable bonds is 4. The normalized spacial score (nSPS) is 26.1. The first-order chi connectivity index (χ1) is 15.5. The monoisotopic (exact) mass is 484 g/mol. The van der Waals surface area contributed by atoms with E-state index in [2.05, 4.69) is 5.10 Å². The highest BCUT2D eigenvalue weighted by Gasteiger charge is 2.46. The van der Waals surface area contributed by atoms with Crippen LogP contribution >= 0.6 is 11.6 Å². The van der Waals surface area contributed by atoms with Crippen molar-refractivity contribution in [2.45, 2.75) is 50.7 Å². The lowest BCUT2D eigenvalue weighted by Gasteiger charge is -2.51. The van der Waals surface area contributed by atoms with Crippen molar-refractivity contribution < 1.29 is 27.9 Å². The van der Waals surface area contributed by atoms with E-state index in [4.69, 9.17) is 11.6 Å². The minimum atomic E-state index is -4.66. The number of hydrogen-bond donors (Lipinski definition) is 1. The molecule has 2 aromatic heterocycles.